The minimum atomic E-state index is -1.39. The van der Waals surface area contributed by atoms with E-state index in [1.54, 1.807) is 24.3 Å². The highest BCUT2D eigenvalue weighted by molar-refractivity contribution is 5.96. The number of benzene rings is 3. The quantitative estimate of drug-likeness (QED) is 0.0315. The first kappa shape index (κ1) is 40.7. The van der Waals surface area contributed by atoms with Crippen molar-refractivity contribution in [1.82, 2.24) is 15.0 Å². The van der Waals surface area contributed by atoms with Crippen molar-refractivity contribution >= 4 is 70.2 Å². The van der Waals surface area contributed by atoms with Crippen LogP contribution >= 0.6 is 0 Å². The molecule has 0 aliphatic carbocycles. The number of aliphatic hydroxyl groups is 1. The van der Waals surface area contributed by atoms with Gasteiger partial charge in [-0.15, -0.1) is 0 Å². The van der Waals surface area contributed by atoms with Crippen LogP contribution in [-0.2, 0) is 9.59 Å². The smallest absolute Gasteiger partial charge is 0.335 e. The molecule has 0 amide bonds. The Morgan fingerprint density at radius 2 is 1.23 bits per heavy atom. The molecule has 0 fully saturated rings. The van der Waals surface area contributed by atoms with Crippen LogP contribution in [0, 0.1) is 0 Å². The molecular formula is C35H32N10O11. The molecule has 288 valence electrons. The number of carboxylic acids is 4. The fraction of sp³-hybridized carbons (Fsp3) is 0.114. The number of hydrogen-bond donors (Lipinski definition) is 8. The average Bonchev–Trinajstić information content (AvgIpc) is 3.17. The van der Waals surface area contributed by atoms with Crippen LogP contribution in [0.3, 0.4) is 0 Å². The summed E-state index contributed by atoms with van der Waals surface area (Å²) in [6.07, 6.45) is 3.01. The van der Waals surface area contributed by atoms with E-state index in [0.717, 1.165) is 24.4 Å². The number of nitrogens with one attached hydrogen (secondary N) is 3. The second-order valence-electron chi connectivity index (χ2n) is 10.8. The number of aliphatic hydroxyl groups excluding tert-OH is 1. The number of rotatable bonds is 19. The Morgan fingerprint density at radius 3 is 1.71 bits per heavy atom. The predicted molar refractivity (Wildman–Crippen MR) is 199 cm³/mol. The van der Waals surface area contributed by atoms with Crippen molar-refractivity contribution in [2.45, 2.75) is 0 Å². The van der Waals surface area contributed by atoms with Gasteiger partial charge in [0.25, 0.3) is 0 Å². The Labute approximate surface area is 316 Å². The van der Waals surface area contributed by atoms with Gasteiger partial charge in [0.2, 0.25) is 17.8 Å². The number of aromatic nitrogens is 3. The number of carboxylic acid groups (broad SMARTS) is 4. The summed E-state index contributed by atoms with van der Waals surface area (Å²) in [6, 6.07) is 12.7. The maximum atomic E-state index is 11.4. The molecule has 0 unspecified atom stereocenters. The molecule has 4 aromatic rings. The van der Waals surface area contributed by atoms with Gasteiger partial charge in [0.15, 0.2) is 0 Å². The first-order valence-electron chi connectivity index (χ1n) is 15.8. The lowest BCUT2D eigenvalue weighted by molar-refractivity contribution is -0.132. The molecule has 0 bridgehead atoms. The fourth-order valence-electron chi connectivity index (χ4n) is 4.34. The van der Waals surface area contributed by atoms with Crippen LogP contribution in [0.4, 0.5) is 46.3 Å². The number of methoxy groups -OCH3 is 2. The Kier molecular flexibility index (Phi) is 13.9. The van der Waals surface area contributed by atoms with Crippen LogP contribution < -0.4 is 25.4 Å². The Balaban J connectivity index is 1.56. The maximum Gasteiger partial charge on any atom is 0.335 e. The molecule has 8 N–H and O–H groups in total. The van der Waals surface area contributed by atoms with Crippen molar-refractivity contribution in [2.75, 3.05) is 43.3 Å². The molecule has 4 rings (SSSR count). The Morgan fingerprint density at radius 1 is 0.714 bits per heavy atom. The number of carbonyl (C=O) groups is 4. The lowest BCUT2D eigenvalue weighted by Gasteiger charge is -2.14. The van der Waals surface area contributed by atoms with E-state index in [-0.39, 0.29) is 70.6 Å². The molecule has 0 saturated heterocycles. The van der Waals surface area contributed by atoms with Gasteiger partial charge in [-0.05, 0) is 54.6 Å². The van der Waals surface area contributed by atoms with Gasteiger partial charge in [-0.2, -0.15) is 35.4 Å². The van der Waals surface area contributed by atoms with Crippen molar-refractivity contribution in [3.8, 4) is 11.5 Å². The molecule has 0 spiro atoms. The van der Waals surface area contributed by atoms with Crippen molar-refractivity contribution in [3.05, 3.63) is 102 Å². The van der Waals surface area contributed by atoms with E-state index in [4.69, 9.17) is 14.6 Å². The number of anilines is 5. The molecule has 0 saturated carbocycles. The van der Waals surface area contributed by atoms with Gasteiger partial charge >= 0.3 is 23.9 Å². The van der Waals surface area contributed by atoms with E-state index < -0.39 is 29.5 Å². The third kappa shape index (κ3) is 11.5. The van der Waals surface area contributed by atoms with Crippen LogP contribution in [0.15, 0.2) is 111 Å². The summed E-state index contributed by atoms with van der Waals surface area (Å²) >= 11 is 0. The topological polar surface area (TPSA) is 312 Å². The van der Waals surface area contributed by atoms with Gasteiger partial charge in [-0.25, -0.2) is 19.2 Å². The summed E-state index contributed by atoms with van der Waals surface area (Å²) in [5.41, 5.74) is 0.0479. The number of azo groups is 2. The lowest BCUT2D eigenvalue weighted by atomic mass is 10.1. The summed E-state index contributed by atoms with van der Waals surface area (Å²) in [7, 11) is 2.81. The SMILES string of the molecule is C=C(/C=C(\C=C\N=Nc1ccc(Nc2nc(NCCO)nc(Nc3ccc(N=Nc4cc(C(=O)O)cc(C(=O)O)c4)cc3OC)n2)c(OC)c1)C(=O)O)C(=O)O. The minimum Gasteiger partial charge on any atom is -0.494 e. The van der Waals surface area contributed by atoms with Crippen molar-refractivity contribution in [3.63, 3.8) is 0 Å². The first-order chi connectivity index (χ1) is 26.8. The largest absolute Gasteiger partial charge is 0.494 e. The monoisotopic (exact) mass is 768 g/mol. The van der Waals surface area contributed by atoms with Crippen LogP contribution in [0.1, 0.15) is 20.7 Å². The highest BCUT2D eigenvalue weighted by Gasteiger charge is 2.15. The number of aromatic carboxylic acids is 2. The number of nitrogens with zero attached hydrogens (tertiary/aromatic N) is 7. The molecule has 1 aromatic heterocycles. The molecular weight excluding hydrogens is 736 g/mol. The minimum absolute atomic E-state index is 0.00652. The second-order valence-corrected chi connectivity index (χ2v) is 10.8. The maximum absolute atomic E-state index is 11.4. The summed E-state index contributed by atoms with van der Waals surface area (Å²) in [5, 5.41) is 71.1. The van der Waals surface area contributed by atoms with E-state index >= 15 is 0 Å². The predicted octanol–water partition coefficient (Wildman–Crippen LogP) is 5.84. The summed E-state index contributed by atoms with van der Waals surface area (Å²) < 4.78 is 11.0. The normalized spacial score (nSPS) is 11.4. The van der Waals surface area contributed by atoms with Gasteiger partial charge < -0.3 is 51.0 Å². The van der Waals surface area contributed by atoms with Crippen LogP contribution in [0.5, 0.6) is 11.5 Å². The van der Waals surface area contributed by atoms with Gasteiger partial charge in [-0.3, -0.25) is 0 Å². The van der Waals surface area contributed by atoms with Crippen LogP contribution in [-0.4, -0.2) is 91.7 Å². The zero-order chi connectivity index (χ0) is 40.8. The van der Waals surface area contributed by atoms with E-state index in [0.29, 0.717) is 17.1 Å². The fourth-order valence-corrected chi connectivity index (χ4v) is 4.34. The number of hydrogen-bond acceptors (Lipinski definition) is 17. The van der Waals surface area contributed by atoms with Gasteiger partial charge in [0.05, 0.1) is 77.7 Å². The second kappa shape index (κ2) is 19.1. The van der Waals surface area contributed by atoms with Gasteiger partial charge in [0, 0.05) is 18.7 Å². The molecule has 0 aliphatic heterocycles. The van der Waals surface area contributed by atoms with Crippen molar-refractivity contribution < 1.29 is 54.2 Å². The molecule has 0 atom stereocenters. The third-order valence-corrected chi connectivity index (χ3v) is 6.93. The highest BCUT2D eigenvalue weighted by Crippen LogP contribution is 2.34. The third-order valence-electron chi connectivity index (χ3n) is 6.93. The van der Waals surface area contributed by atoms with Gasteiger partial charge in [-0.1, -0.05) is 6.58 Å². The van der Waals surface area contributed by atoms with E-state index in [2.05, 4.69) is 57.9 Å². The van der Waals surface area contributed by atoms with Crippen molar-refractivity contribution in [2.24, 2.45) is 20.5 Å². The molecule has 0 radical (unpaired) electrons. The lowest BCUT2D eigenvalue weighted by Crippen LogP contribution is -2.12. The number of aliphatic carboxylic acids is 2. The summed E-state index contributed by atoms with van der Waals surface area (Å²) in [4.78, 5) is 58.4. The van der Waals surface area contributed by atoms with E-state index in [1.807, 2.05) is 0 Å². The van der Waals surface area contributed by atoms with E-state index in [9.17, 15) is 39.6 Å². The van der Waals surface area contributed by atoms with E-state index in [1.165, 1.54) is 38.5 Å². The van der Waals surface area contributed by atoms with Gasteiger partial charge in [0.1, 0.15) is 11.5 Å². The first-order valence-corrected chi connectivity index (χ1v) is 15.8. The molecule has 0 aliphatic rings. The highest BCUT2D eigenvalue weighted by atomic mass is 16.5. The standard InChI is InChI=1S/C35H32N10O11/c1-18(29(47)48)12-19(30(49)50)8-9-37-43-22-4-6-25(27(16-22)55-2)38-34-40-33(36-10-11-46)41-35(42-34)39-26-7-5-23(17-28(26)56-3)44-45-24-14-20(31(51)52)13-21(15-24)32(53)54/h4-9,12-17,46H,1,10-11H2,2-3H3,(H,47,48)(H,49,50)(H,51,52)(H,53,54)(H3,36,38,39,40,41,42)/b9-8+,19-12+,43-37?,45-44?. The Hall–Kier alpha value is -8.07. The zero-order valence-corrected chi connectivity index (χ0v) is 29.4. The summed E-state index contributed by atoms with van der Waals surface area (Å²) in [5.74, 6) is -4.68. The molecule has 21 nitrogen and oxygen atoms in total. The average molecular weight is 769 g/mol. The summed E-state index contributed by atoms with van der Waals surface area (Å²) in [6.45, 7) is 3.17. The Bertz CT molecular complexity index is 2260. The molecule has 56 heavy (non-hydrogen) atoms. The number of ether oxygens (including phenoxy) is 2. The van der Waals surface area contributed by atoms with Crippen molar-refractivity contribution in [1.29, 1.82) is 0 Å². The molecule has 21 heteroatoms. The zero-order valence-electron chi connectivity index (χ0n) is 29.4. The molecule has 1 heterocycles. The van der Waals surface area contributed by atoms with Crippen LogP contribution in [0.2, 0.25) is 0 Å². The molecule has 3 aromatic carbocycles. The van der Waals surface area contributed by atoms with Crippen LogP contribution in [0.25, 0.3) is 0 Å².